The van der Waals surface area contributed by atoms with Crippen LogP contribution in [0.2, 0.25) is 0 Å². The molecule has 0 saturated carbocycles. The van der Waals surface area contributed by atoms with Gasteiger partial charge in [-0.3, -0.25) is 0 Å². The Morgan fingerprint density at radius 1 is 1.10 bits per heavy atom. The third kappa shape index (κ3) is 4.60. The number of aromatic nitrogens is 3. The van der Waals surface area contributed by atoms with Crippen molar-refractivity contribution in [1.82, 2.24) is 20.0 Å². The molecule has 11 heteroatoms. The van der Waals surface area contributed by atoms with Crippen molar-refractivity contribution in [3.05, 3.63) is 54.0 Å². The highest BCUT2D eigenvalue weighted by atomic mass is 19.4. The van der Waals surface area contributed by atoms with E-state index in [9.17, 15) is 18.0 Å². The van der Waals surface area contributed by atoms with E-state index in [4.69, 9.17) is 0 Å². The van der Waals surface area contributed by atoms with Crippen LogP contribution in [0.15, 0.2) is 47.1 Å². The van der Waals surface area contributed by atoms with Crippen LogP contribution in [0.1, 0.15) is 11.5 Å². The number of rotatable bonds is 3. The van der Waals surface area contributed by atoms with Gasteiger partial charge < -0.3 is 19.6 Å². The predicted molar refractivity (Wildman–Crippen MR) is 107 cm³/mol. The fourth-order valence-corrected chi connectivity index (χ4v) is 3.21. The fourth-order valence-electron chi connectivity index (χ4n) is 3.21. The topological polar surface area (TPSA) is 87.4 Å². The molecule has 0 radical (unpaired) electrons. The number of carbonyl (C=O) groups is 1. The first-order valence-corrected chi connectivity index (χ1v) is 9.55. The summed E-state index contributed by atoms with van der Waals surface area (Å²) in [6.45, 7) is 4.12. The molecule has 4 rings (SSSR count). The van der Waals surface area contributed by atoms with E-state index >= 15 is 0 Å². The van der Waals surface area contributed by atoms with Gasteiger partial charge in [-0.05, 0) is 30.7 Å². The molecule has 31 heavy (non-hydrogen) atoms. The number of nitrogens with zero attached hydrogens (tertiary/aromatic N) is 5. The van der Waals surface area contributed by atoms with Crippen molar-refractivity contribution in [2.24, 2.45) is 0 Å². The lowest BCUT2D eigenvalue weighted by molar-refractivity contribution is -0.159. The average molecular weight is 432 g/mol. The minimum Gasteiger partial charge on any atom is -0.353 e. The van der Waals surface area contributed by atoms with Crippen molar-refractivity contribution in [3.8, 4) is 11.4 Å². The molecular formula is C20H19F3N6O2. The van der Waals surface area contributed by atoms with Crippen LogP contribution in [-0.4, -0.2) is 52.2 Å². The molecule has 3 aromatic rings. The van der Waals surface area contributed by atoms with E-state index in [-0.39, 0.29) is 11.9 Å². The summed E-state index contributed by atoms with van der Waals surface area (Å²) in [4.78, 5) is 23.9. The van der Waals surface area contributed by atoms with Crippen molar-refractivity contribution in [2.75, 3.05) is 36.4 Å². The van der Waals surface area contributed by atoms with Gasteiger partial charge in [-0.25, -0.2) is 9.78 Å². The molecule has 0 unspecified atom stereocenters. The standard InChI is InChI=1S/C20H19F3N6O2/c1-13-4-2-3-5-15(13)25-19(30)29-10-8-28(9-11-29)16-7-6-14(12-24-16)17-26-18(31-27-17)20(21,22)23/h2-7,12H,8-11H2,1H3,(H,25,30). The number of benzene rings is 1. The lowest BCUT2D eigenvalue weighted by Gasteiger charge is -2.35. The van der Waals surface area contributed by atoms with Crippen LogP contribution in [0.4, 0.5) is 29.5 Å². The Balaban J connectivity index is 1.35. The number of nitrogens with one attached hydrogen (secondary N) is 1. The minimum absolute atomic E-state index is 0.158. The zero-order valence-electron chi connectivity index (χ0n) is 16.6. The Hall–Kier alpha value is -3.63. The smallest absolute Gasteiger partial charge is 0.353 e. The Morgan fingerprint density at radius 3 is 2.45 bits per heavy atom. The molecule has 1 saturated heterocycles. The highest BCUT2D eigenvalue weighted by Gasteiger charge is 2.38. The second-order valence-corrected chi connectivity index (χ2v) is 7.05. The van der Waals surface area contributed by atoms with Crippen LogP contribution in [-0.2, 0) is 6.18 Å². The number of piperazine rings is 1. The number of para-hydroxylation sites is 1. The molecule has 2 aromatic heterocycles. The highest BCUT2D eigenvalue weighted by molar-refractivity contribution is 5.90. The van der Waals surface area contributed by atoms with Crippen LogP contribution >= 0.6 is 0 Å². The molecule has 2 amide bonds. The number of amides is 2. The molecule has 0 aliphatic carbocycles. The molecule has 1 aliphatic heterocycles. The van der Waals surface area contributed by atoms with Gasteiger partial charge >= 0.3 is 18.1 Å². The van der Waals surface area contributed by atoms with Gasteiger partial charge in [-0.2, -0.15) is 18.2 Å². The van der Waals surface area contributed by atoms with Gasteiger partial charge in [0.25, 0.3) is 0 Å². The summed E-state index contributed by atoms with van der Waals surface area (Å²) in [5.74, 6) is -0.919. The second-order valence-electron chi connectivity index (χ2n) is 7.05. The molecule has 1 aliphatic rings. The van der Waals surface area contributed by atoms with Gasteiger partial charge in [0.05, 0.1) is 0 Å². The number of anilines is 2. The number of alkyl halides is 3. The van der Waals surface area contributed by atoms with Crippen LogP contribution < -0.4 is 10.2 Å². The number of hydrogen-bond acceptors (Lipinski definition) is 6. The number of urea groups is 1. The summed E-state index contributed by atoms with van der Waals surface area (Å²) < 4.78 is 42.1. The van der Waals surface area contributed by atoms with E-state index in [1.807, 2.05) is 36.1 Å². The first kappa shape index (κ1) is 20.6. The van der Waals surface area contributed by atoms with E-state index in [2.05, 4.69) is 25.0 Å². The molecule has 0 atom stereocenters. The van der Waals surface area contributed by atoms with Gasteiger partial charge in [0.15, 0.2) is 0 Å². The summed E-state index contributed by atoms with van der Waals surface area (Å²) in [5.41, 5.74) is 2.09. The summed E-state index contributed by atoms with van der Waals surface area (Å²) in [6, 6.07) is 10.7. The number of halogens is 3. The van der Waals surface area contributed by atoms with E-state index in [1.54, 1.807) is 17.0 Å². The minimum atomic E-state index is -4.69. The van der Waals surface area contributed by atoms with Gasteiger partial charge in [0, 0.05) is 43.6 Å². The molecular weight excluding hydrogens is 413 g/mol. The lowest BCUT2D eigenvalue weighted by atomic mass is 10.2. The Kier molecular flexibility index (Phi) is 5.49. The first-order valence-electron chi connectivity index (χ1n) is 9.55. The van der Waals surface area contributed by atoms with E-state index in [0.717, 1.165) is 11.3 Å². The molecule has 1 aromatic carbocycles. The molecule has 1 fully saturated rings. The highest BCUT2D eigenvalue weighted by Crippen LogP contribution is 2.29. The number of hydrogen-bond donors (Lipinski definition) is 1. The average Bonchev–Trinajstić information content (AvgIpc) is 3.27. The summed E-state index contributed by atoms with van der Waals surface area (Å²) >= 11 is 0. The number of carbonyl (C=O) groups excluding carboxylic acids is 1. The zero-order chi connectivity index (χ0) is 22.0. The van der Waals surface area contributed by atoms with Crippen molar-refractivity contribution in [2.45, 2.75) is 13.1 Å². The van der Waals surface area contributed by atoms with Crippen LogP contribution in [0.3, 0.4) is 0 Å². The third-order valence-electron chi connectivity index (χ3n) is 4.95. The van der Waals surface area contributed by atoms with E-state index in [1.165, 1.54) is 6.20 Å². The molecule has 0 bridgehead atoms. The maximum atomic E-state index is 12.6. The van der Waals surface area contributed by atoms with Crippen LogP contribution in [0, 0.1) is 6.92 Å². The normalized spacial score (nSPS) is 14.6. The molecule has 0 spiro atoms. The number of aryl methyl sites for hydroxylation is 1. The molecule has 3 heterocycles. The third-order valence-corrected chi connectivity index (χ3v) is 4.95. The van der Waals surface area contributed by atoms with Gasteiger partial charge in [-0.15, -0.1) is 0 Å². The van der Waals surface area contributed by atoms with Crippen molar-refractivity contribution < 1.29 is 22.5 Å². The summed E-state index contributed by atoms with van der Waals surface area (Å²) in [7, 11) is 0. The van der Waals surface area contributed by atoms with Gasteiger partial charge in [0.1, 0.15) is 5.82 Å². The SMILES string of the molecule is Cc1ccccc1NC(=O)N1CCN(c2ccc(-c3noc(C(F)(F)F)n3)cn2)CC1. The van der Waals surface area contributed by atoms with E-state index in [0.29, 0.717) is 37.6 Å². The maximum Gasteiger partial charge on any atom is 0.471 e. The lowest BCUT2D eigenvalue weighted by Crippen LogP contribution is -2.50. The monoisotopic (exact) mass is 432 g/mol. The summed E-state index contributed by atoms with van der Waals surface area (Å²) in [6.07, 6.45) is -3.29. The maximum absolute atomic E-state index is 12.6. The Bertz CT molecular complexity index is 1060. The Morgan fingerprint density at radius 2 is 1.84 bits per heavy atom. The fraction of sp³-hybridized carbons (Fsp3) is 0.300. The first-order chi connectivity index (χ1) is 14.8. The Labute approximate surface area is 175 Å². The number of pyridine rings is 1. The van der Waals surface area contributed by atoms with Gasteiger partial charge in [-0.1, -0.05) is 23.4 Å². The van der Waals surface area contributed by atoms with Crippen LogP contribution in [0.5, 0.6) is 0 Å². The quantitative estimate of drug-likeness (QED) is 0.677. The second kappa shape index (κ2) is 8.25. The van der Waals surface area contributed by atoms with Crippen molar-refractivity contribution in [1.29, 1.82) is 0 Å². The predicted octanol–water partition coefficient (Wildman–Crippen LogP) is 3.81. The summed E-state index contributed by atoms with van der Waals surface area (Å²) in [5, 5.41) is 6.28. The van der Waals surface area contributed by atoms with Crippen molar-refractivity contribution >= 4 is 17.5 Å². The van der Waals surface area contributed by atoms with E-state index < -0.39 is 12.1 Å². The van der Waals surface area contributed by atoms with Crippen molar-refractivity contribution in [3.63, 3.8) is 0 Å². The molecule has 1 N–H and O–H groups in total. The molecule has 8 nitrogen and oxygen atoms in total. The van der Waals surface area contributed by atoms with Crippen LogP contribution in [0.25, 0.3) is 11.4 Å². The zero-order valence-corrected chi connectivity index (χ0v) is 16.6. The van der Waals surface area contributed by atoms with Gasteiger partial charge in [0.2, 0.25) is 5.82 Å². The molecule has 162 valence electrons. The largest absolute Gasteiger partial charge is 0.471 e.